The highest BCUT2D eigenvalue weighted by molar-refractivity contribution is 5.85. The van der Waals surface area contributed by atoms with Crippen molar-refractivity contribution in [2.24, 2.45) is 0 Å². The molecule has 2 fully saturated rings. The van der Waals surface area contributed by atoms with E-state index >= 15 is 0 Å². The molecule has 2 aliphatic heterocycles. The number of nitrogens with zero attached hydrogens (tertiary/aromatic N) is 4. The number of nitrogens with one attached hydrogen (secondary N) is 2. The van der Waals surface area contributed by atoms with Crippen molar-refractivity contribution in [3.05, 3.63) is 71.8 Å². The molecule has 0 bridgehead atoms. The van der Waals surface area contributed by atoms with E-state index in [1.807, 2.05) is 0 Å². The Balaban J connectivity index is 1.18. The van der Waals surface area contributed by atoms with E-state index in [-0.39, 0.29) is 0 Å². The Kier molecular flexibility index (Phi) is 5.41. The van der Waals surface area contributed by atoms with E-state index in [9.17, 15) is 0 Å². The number of aryl methyl sites for hydroxylation is 1. The van der Waals surface area contributed by atoms with Crippen molar-refractivity contribution in [1.82, 2.24) is 29.7 Å². The zero-order valence-corrected chi connectivity index (χ0v) is 21.9. The van der Waals surface area contributed by atoms with Crippen LogP contribution in [0.4, 0.5) is 0 Å². The highest BCUT2D eigenvalue weighted by Gasteiger charge is 2.26. The van der Waals surface area contributed by atoms with Crippen molar-refractivity contribution in [3.8, 4) is 22.3 Å². The smallest absolute Gasteiger partial charge is 0.124 e. The van der Waals surface area contributed by atoms with Gasteiger partial charge in [-0.1, -0.05) is 30.3 Å². The number of rotatable bonds is 4. The van der Waals surface area contributed by atoms with Crippen LogP contribution in [0.3, 0.4) is 0 Å². The van der Waals surface area contributed by atoms with Crippen LogP contribution in [0.2, 0.25) is 0 Å². The van der Waals surface area contributed by atoms with E-state index in [1.165, 1.54) is 53.5 Å². The Morgan fingerprint density at radius 1 is 0.676 bits per heavy atom. The van der Waals surface area contributed by atoms with Crippen LogP contribution < -0.4 is 0 Å². The predicted molar refractivity (Wildman–Crippen MR) is 151 cm³/mol. The first kappa shape index (κ1) is 22.7. The maximum atomic E-state index is 4.90. The molecule has 2 atom stereocenters. The normalized spacial score (nSPS) is 21.1. The monoisotopic (exact) mass is 490 g/mol. The van der Waals surface area contributed by atoms with Crippen LogP contribution in [0.25, 0.3) is 44.3 Å². The van der Waals surface area contributed by atoms with Gasteiger partial charge in [-0.3, -0.25) is 9.80 Å². The number of H-pyrrole nitrogens is 2. The van der Waals surface area contributed by atoms with Crippen molar-refractivity contribution in [2.45, 2.75) is 44.7 Å². The van der Waals surface area contributed by atoms with Gasteiger partial charge < -0.3 is 9.97 Å². The molecular formula is C31H34N6. The molecule has 4 heterocycles. The second-order valence-corrected chi connectivity index (χ2v) is 11.0. The number of aromatic nitrogens is 4. The number of hydrogen-bond acceptors (Lipinski definition) is 4. The van der Waals surface area contributed by atoms with E-state index in [4.69, 9.17) is 9.97 Å². The molecule has 2 aromatic heterocycles. The van der Waals surface area contributed by atoms with Crippen LogP contribution >= 0.6 is 0 Å². The van der Waals surface area contributed by atoms with Crippen molar-refractivity contribution in [3.63, 3.8) is 0 Å². The highest BCUT2D eigenvalue weighted by Crippen LogP contribution is 2.34. The Labute approximate surface area is 217 Å². The van der Waals surface area contributed by atoms with Crippen LogP contribution in [-0.4, -0.2) is 56.9 Å². The Morgan fingerprint density at radius 3 is 1.73 bits per heavy atom. The number of fused-ring (bicyclic) bond motifs is 2. The van der Waals surface area contributed by atoms with Crippen LogP contribution in [0.1, 0.15) is 55.0 Å². The minimum Gasteiger partial charge on any atom is -0.341 e. The lowest BCUT2D eigenvalue weighted by atomic mass is 9.95. The third-order valence-corrected chi connectivity index (χ3v) is 8.54. The SMILES string of the molecule is Cc1cc(-c2ccc3nc(C4CCCN4C)[nH]c3c2)ccc1-c1ccc2nc(C3CCCN3C)[nH]c2c1. The summed E-state index contributed by atoms with van der Waals surface area (Å²) in [6, 6.07) is 20.8. The molecule has 6 nitrogen and oxygen atoms in total. The van der Waals surface area contributed by atoms with Gasteiger partial charge in [-0.2, -0.15) is 0 Å². The zero-order chi connectivity index (χ0) is 25.1. The third-order valence-electron chi connectivity index (χ3n) is 8.54. The molecule has 2 aliphatic rings. The molecule has 37 heavy (non-hydrogen) atoms. The average Bonchev–Trinajstić information content (AvgIpc) is 3.68. The highest BCUT2D eigenvalue weighted by atomic mass is 15.2. The summed E-state index contributed by atoms with van der Waals surface area (Å²) in [4.78, 5) is 21.8. The molecule has 0 saturated carbocycles. The quantitative estimate of drug-likeness (QED) is 0.297. The molecule has 6 heteroatoms. The molecule has 0 amide bonds. The summed E-state index contributed by atoms with van der Waals surface area (Å²) < 4.78 is 0. The van der Waals surface area contributed by atoms with Gasteiger partial charge in [0.15, 0.2) is 0 Å². The van der Waals surface area contributed by atoms with Gasteiger partial charge in [0.25, 0.3) is 0 Å². The minimum atomic E-state index is 0.402. The van der Waals surface area contributed by atoms with Crippen molar-refractivity contribution in [1.29, 1.82) is 0 Å². The van der Waals surface area contributed by atoms with E-state index in [1.54, 1.807) is 0 Å². The van der Waals surface area contributed by atoms with Gasteiger partial charge in [-0.05, 0) is 112 Å². The molecule has 3 aromatic carbocycles. The van der Waals surface area contributed by atoms with E-state index in [0.29, 0.717) is 12.1 Å². The van der Waals surface area contributed by atoms with E-state index in [2.05, 4.69) is 95.4 Å². The zero-order valence-electron chi connectivity index (χ0n) is 21.9. The molecule has 7 rings (SSSR count). The van der Waals surface area contributed by atoms with Crippen LogP contribution in [0.15, 0.2) is 54.6 Å². The number of benzene rings is 3. The molecule has 0 radical (unpaired) electrons. The van der Waals surface area contributed by atoms with Gasteiger partial charge in [0.2, 0.25) is 0 Å². The maximum Gasteiger partial charge on any atom is 0.124 e. The topological polar surface area (TPSA) is 63.8 Å². The summed E-state index contributed by atoms with van der Waals surface area (Å²) in [5, 5.41) is 0. The second kappa shape index (κ2) is 8.82. The first-order valence-electron chi connectivity index (χ1n) is 13.5. The fraction of sp³-hybridized carbons (Fsp3) is 0.355. The van der Waals surface area contributed by atoms with Crippen LogP contribution in [-0.2, 0) is 0 Å². The Hall–Kier alpha value is -3.48. The summed E-state index contributed by atoms with van der Waals surface area (Å²) in [5.74, 6) is 2.19. The van der Waals surface area contributed by atoms with Gasteiger partial charge in [0.1, 0.15) is 11.6 Å². The van der Waals surface area contributed by atoms with Gasteiger partial charge in [0.05, 0.1) is 34.2 Å². The predicted octanol–water partition coefficient (Wildman–Crippen LogP) is 6.62. The molecular weight excluding hydrogens is 456 g/mol. The summed E-state index contributed by atoms with van der Waals surface area (Å²) in [7, 11) is 4.39. The summed E-state index contributed by atoms with van der Waals surface area (Å²) >= 11 is 0. The van der Waals surface area contributed by atoms with Gasteiger partial charge >= 0.3 is 0 Å². The molecule has 2 N–H and O–H groups in total. The minimum absolute atomic E-state index is 0.402. The lowest BCUT2D eigenvalue weighted by molar-refractivity contribution is 0.307. The fourth-order valence-corrected chi connectivity index (χ4v) is 6.40. The molecule has 5 aromatic rings. The number of aromatic amines is 2. The number of imidazole rings is 2. The fourth-order valence-electron chi connectivity index (χ4n) is 6.40. The lowest BCUT2D eigenvalue weighted by Gasteiger charge is -2.16. The van der Waals surface area contributed by atoms with Crippen molar-refractivity contribution >= 4 is 22.1 Å². The molecule has 0 spiro atoms. The summed E-state index contributed by atoms with van der Waals surface area (Å²) in [5.41, 5.74) is 10.5. The first-order valence-corrected chi connectivity index (χ1v) is 13.5. The van der Waals surface area contributed by atoms with Crippen molar-refractivity contribution < 1.29 is 0 Å². The summed E-state index contributed by atoms with van der Waals surface area (Å²) in [6.07, 6.45) is 4.82. The number of likely N-dealkylation sites (tertiary alicyclic amines) is 2. The first-order chi connectivity index (χ1) is 18.0. The molecule has 188 valence electrons. The van der Waals surface area contributed by atoms with Gasteiger partial charge in [-0.25, -0.2) is 9.97 Å². The molecule has 2 saturated heterocycles. The van der Waals surface area contributed by atoms with Gasteiger partial charge in [0, 0.05) is 0 Å². The second-order valence-electron chi connectivity index (χ2n) is 11.0. The van der Waals surface area contributed by atoms with Crippen LogP contribution in [0.5, 0.6) is 0 Å². The Morgan fingerprint density at radius 2 is 1.19 bits per heavy atom. The van der Waals surface area contributed by atoms with Crippen molar-refractivity contribution in [2.75, 3.05) is 27.2 Å². The third kappa shape index (κ3) is 3.95. The molecule has 2 unspecified atom stereocenters. The number of hydrogen-bond donors (Lipinski definition) is 2. The lowest BCUT2D eigenvalue weighted by Crippen LogP contribution is -2.18. The average molecular weight is 491 g/mol. The Bertz CT molecular complexity index is 1610. The standard InChI is InChI=1S/C31H34N6/c1-19-16-20(21-9-12-24-26(17-21)34-30(32-24)28-6-4-14-36(28)2)8-11-23(19)22-10-13-25-27(18-22)35-31(33-25)29-7-5-15-37(29)3/h8-13,16-18,28-29H,4-7,14-15H2,1-3H3,(H,32,34)(H,33,35). The summed E-state index contributed by atoms with van der Waals surface area (Å²) in [6.45, 7) is 4.49. The van der Waals surface area contributed by atoms with E-state index < -0.39 is 0 Å². The van der Waals surface area contributed by atoms with Gasteiger partial charge in [-0.15, -0.1) is 0 Å². The van der Waals surface area contributed by atoms with Crippen LogP contribution in [0, 0.1) is 6.92 Å². The largest absolute Gasteiger partial charge is 0.341 e. The van der Waals surface area contributed by atoms with E-state index in [0.717, 1.165) is 46.8 Å². The maximum absolute atomic E-state index is 4.90. The molecule has 0 aliphatic carbocycles.